The molecular formula is C32H46N6O5. The molecule has 0 radical (unpaired) electrons. The number of anilines is 1. The van der Waals surface area contributed by atoms with Gasteiger partial charge >= 0.3 is 0 Å². The molecule has 1 atom stereocenters. The molecule has 0 unspecified atom stereocenters. The molecule has 2 aromatic heterocycles. The van der Waals surface area contributed by atoms with E-state index in [-0.39, 0.29) is 17.7 Å². The lowest BCUT2D eigenvalue weighted by Crippen LogP contribution is -2.49. The zero-order chi connectivity index (χ0) is 30.4. The van der Waals surface area contributed by atoms with E-state index in [9.17, 15) is 9.59 Å². The van der Waals surface area contributed by atoms with Gasteiger partial charge < -0.3 is 24.8 Å². The van der Waals surface area contributed by atoms with Crippen molar-refractivity contribution in [3.05, 3.63) is 53.6 Å². The van der Waals surface area contributed by atoms with Crippen LogP contribution in [0, 0.1) is 19.8 Å². The van der Waals surface area contributed by atoms with Gasteiger partial charge in [-0.25, -0.2) is 0 Å². The van der Waals surface area contributed by atoms with Crippen molar-refractivity contribution >= 4 is 17.5 Å². The van der Waals surface area contributed by atoms with Gasteiger partial charge in [0.1, 0.15) is 11.7 Å². The molecule has 0 spiro atoms. The van der Waals surface area contributed by atoms with Crippen LogP contribution in [0.1, 0.15) is 66.8 Å². The van der Waals surface area contributed by atoms with Crippen molar-refractivity contribution < 1.29 is 23.8 Å². The van der Waals surface area contributed by atoms with Crippen LogP contribution in [-0.2, 0) is 25.5 Å². The Morgan fingerprint density at radius 1 is 0.977 bits per heavy atom. The molecule has 0 saturated heterocycles. The SMILES string of the molecule is COCCOCCOCCCn1nccc1C(=O)N[C@H](C(=O)Nc1ccc(-c2c(C)n[nH]c2C)cc1)C1CCCCCC1. The summed E-state index contributed by atoms with van der Waals surface area (Å²) >= 11 is 0. The molecule has 3 aromatic rings. The summed E-state index contributed by atoms with van der Waals surface area (Å²) < 4.78 is 17.7. The predicted molar refractivity (Wildman–Crippen MR) is 165 cm³/mol. The van der Waals surface area contributed by atoms with Gasteiger partial charge in [0.25, 0.3) is 5.91 Å². The molecule has 1 aliphatic carbocycles. The first-order valence-corrected chi connectivity index (χ1v) is 15.4. The van der Waals surface area contributed by atoms with Crippen molar-refractivity contribution in [2.24, 2.45) is 5.92 Å². The van der Waals surface area contributed by atoms with Crippen molar-refractivity contribution in [2.45, 2.75) is 71.4 Å². The Balaban J connectivity index is 1.36. The zero-order valence-corrected chi connectivity index (χ0v) is 25.7. The molecule has 1 aromatic carbocycles. The summed E-state index contributed by atoms with van der Waals surface area (Å²) in [6.07, 6.45) is 8.54. The Kier molecular flexibility index (Phi) is 12.7. The lowest BCUT2D eigenvalue weighted by atomic mass is 9.91. The van der Waals surface area contributed by atoms with Gasteiger partial charge in [-0.2, -0.15) is 10.2 Å². The van der Waals surface area contributed by atoms with E-state index in [2.05, 4.69) is 25.9 Å². The monoisotopic (exact) mass is 594 g/mol. The van der Waals surface area contributed by atoms with E-state index in [1.807, 2.05) is 38.1 Å². The molecule has 43 heavy (non-hydrogen) atoms. The fourth-order valence-corrected chi connectivity index (χ4v) is 5.66. The smallest absolute Gasteiger partial charge is 0.270 e. The number of nitrogens with zero attached hydrogens (tertiary/aromatic N) is 3. The van der Waals surface area contributed by atoms with Crippen LogP contribution in [-0.4, -0.2) is 78.0 Å². The molecule has 11 heteroatoms. The molecular weight excluding hydrogens is 548 g/mol. The molecule has 11 nitrogen and oxygen atoms in total. The molecule has 2 amide bonds. The summed E-state index contributed by atoms with van der Waals surface area (Å²) in [5.41, 5.74) is 5.15. The largest absolute Gasteiger partial charge is 0.382 e. The third-order valence-corrected chi connectivity index (χ3v) is 7.92. The van der Waals surface area contributed by atoms with Crippen LogP contribution in [0.2, 0.25) is 0 Å². The fraction of sp³-hybridized carbons (Fsp3) is 0.562. The molecule has 1 aliphatic rings. The van der Waals surface area contributed by atoms with Gasteiger partial charge in [0.05, 0.1) is 32.1 Å². The number of benzene rings is 1. The second-order valence-corrected chi connectivity index (χ2v) is 11.1. The van der Waals surface area contributed by atoms with Crippen LogP contribution in [0.3, 0.4) is 0 Å². The Bertz CT molecular complexity index is 1260. The fourth-order valence-electron chi connectivity index (χ4n) is 5.66. The second kappa shape index (κ2) is 16.9. The maximum absolute atomic E-state index is 13.7. The van der Waals surface area contributed by atoms with Crippen LogP contribution in [0.15, 0.2) is 36.5 Å². The number of aromatic amines is 1. The molecule has 4 rings (SSSR count). The van der Waals surface area contributed by atoms with Gasteiger partial charge in [-0.15, -0.1) is 0 Å². The second-order valence-electron chi connectivity index (χ2n) is 11.1. The van der Waals surface area contributed by atoms with E-state index in [1.165, 1.54) is 0 Å². The minimum atomic E-state index is -0.645. The molecule has 0 aliphatic heterocycles. The number of hydrogen-bond acceptors (Lipinski definition) is 7. The topological polar surface area (TPSA) is 132 Å². The van der Waals surface area contributed by atoms with Gasteiger partial charge in [-0.05, 0) is 62.8 Å². The number of aromatic nitrogens is 4. The van der Waals surface area contributed by atoms with Crippen molar-refractivity contribution in [1.82, 2.24) is 25.3 Å². The summed E-state index contributed by atoms with van der Waals surface area (Å²) in [6.45, 7) is 7.14. The average molecular weight is 595 g/mol. The molecule has 3 N–H and O–H groups in total. The molecule has 1 fully saturated rings. The highest BCUT2D eigenvalue weighted by Crippen LogP contribution is 2.28. The summed E-state index contributed by atoms with van der Waals surface area (Å²) in [4.78, 5) is 27.2. The normalized spacial score (nSPS) is 14.8. The van der Waals surface area contributed by atoms with Crippen LogP contribution >= 0.6 is 0 Å². The van der Waals surface area contributed by atoms with E-state index >= 15 is 0 Å². The van der Waals surface area contributed by atoms with E-state index in [1.54, 1.807) is 24.1 Å². The van der Waals surface area contributed by atoms with E-state index in [0.29, 0.717) is 57.4 Å². The van der Waals surface area contributed by atoms with Crippen LogP contribution in [0.25, 0.3) is 11.1 Å². The number of amides is 2. The standard InChI is InChI=1S/C32H46N6O5/c1-23-29(24(2)37-36-23)25-11-13-27(14-12-25)34-32(40)30(26-9-6-4-5-7-10-26)35-31(39)28-15-16-33-38(28)17-8-18-42-21-22-43-20-19-41-3/h11-16,26,30H,4-10,17-22H2,1-3H3,(H,34,40)(H,35,39)(H,36,37)/t30-/m0/s1. The van der Waals surface area contributed by atoms with Crippen LogP contribution < -0.4 is 10.6 Å². The number of nitrogens with one attached hydrogen (secondary N) is 3. The lowest BCUT2D eigenvalue weighted by Gasteiger charge is -2.26. The minimum absolute atomic E-state index is 0.0674. The molecule has 0 bridgehead atoms. The number of H-pyrrole nitrogens is 1. The van der Waals surface area contributed by atoms with E-state index in [0.717, 1.165) is 61.0 Å². The Hall–Kier alpha value is -3.54. The third kappa shape index (κ3) is 9.47. The lowest BCUT2D eigenvalue weighted by molar-refractivity contribution is -0.119. The quantitative estimate of drug-likeness (QED) is 0.162. The summed E-state index contributed by atoms with van der Waals surface area (Å²) in [5.74, 6) is -0.427. The first kappa shape index (κ1) is 32.4. The molecule has 2 heterocycles. The van der Waals surface area contributed by atoms with E-state index < -0.39 is 6.04 Å². The number of methoxy groups -OCH3 is 1. The molecule has 234 valence electrons. The third-order valence-electron chi connectivity index (χ3n) is 7.92. The maximum Gasteiger partial charge on any atom is 0.270 e. The van der Waals surface area contributed by atoms with Crippen molar-refractivity contribution in [3.8, 4) is 11.1 Å². The first-order chi connectivity index (χ1) is 21.0. The Morgan fingerprint density at radius 3 is 2.35 bits per heavy atom. The maximum atomic E-state index is 13.7. The van der Waals surface area contributed by atoms with Gasteiger partial charge in [-0.3, -0.25) is 19.4 Å². The zero-order valence-electron chi connectivity index (χ0n) is 25.7. The highest BCUT2D eigenvalue weighted by atomic mass is 16.5. The molecule has 1 saturated carbocycles. The number of hydrogen-bond donors (Lipinski definition) is 3. The first-order valence-electron chi connectivity index (χ1n) is 15.4. The van der Waals surface area contributed by atoms with Gasteiger partial charge in [-0.1, -0.05) is 37.8 Å². The summed E-state index contributed by atoms with van der Waals surface area (Å²) in [6, 6.07) is 8.81. The number of carbonyl (C=O) groups is 2. The highest BCUT2D eigenvalue weighted by molar-refractivity contribution is 6.00. The average Bonchev–Trinajstić information content (AvgIpc) is 3.50. The van der Waals surface area contributed by atoms with Gasteiger partial charge in [0.15, 0.2) is 0 Å². The number of rotatable bonds is 16. The number of aryl methyl sites for hydroxylation is 3. The van der Waals surface area contributed by atoms with E-state index in [4.69, 9.17) is 14.2 Å². The highest BCUT2D eigenvalue weighted by Gasteiger charge is 2.31. The predicted octanol–water partition coefficient (Wildman–Crippen LogP) is 4.67. The summed E-state index contributed by atoms with van der Waals surface area (Å²) in [7, 11) is 1.64. The minimum Gasteiger partial charge on any atom is -0.382 e. The van der Waals surface area contributed by atoms with Crippen LogP contribution in [0.5, 0.6) is 0 Å². The van der Waals surface area contributed by atoms with Crippen molar-refractivity contribution in [1.29, 1.82) is 0 Å². The Labute approximate surface area is 254 Å². The number of carbonyl (C=O) groups excluding carboxylic acids is 2. The van der Waals surface area contributed by atoms with Crippen molar-refractivity contribution in [3.63, 3.8) is 0 Å². The Morgan fingerprint density at radius 2 is 1.67 bits per heavy atom. The van der Waals surface area contributed by atoms with Crippen LogP contribution in [0.4, 0.5) is 5.69 Å². The van der Waals surface area contributed by atoms with Crippen molar-refractivity contribution in [2.75, 3.05) is 45.5 Å². The number of ether oxygens (including phenoxy) is 3. The van der Waals surface area contributed by atoms with Gasteiger partial charge in [0.2, 0.25) is 5.91 Å². The summed E-state index contributed by atoms with van der Waals surface area (Å²) in [5, 5.41) is 17.8. The van der Waals surface area contributed by atoms with Gasteiger partial charge in [0, 0.05) is 43.4 Å².